The number of aromatic amines is 1. The van der Waals surface area contributed by atoms with Crippen molar-refractivity contribution < 1.29 is 0 Å². The van der Waals surface area contributed by atoms with E-state index < -0.39 is 0 Å². The fourth-order valence-electron chi connectivity index (χ4n) is 2.89. The van der Waals surface area contributed by atoms with E-state index in [1.165, 1.54) is 16.7 Å². The highest BCUT2D eigenvalue weighted by molar-refractivity contribution is 5.77. The first-order chi connectivity index (χ1) is 9.81. The minimum absolute atomic E-state index is 0.789. The largest absolute Gasteiger partial charge is 0.337 e. The monoisotopic (exact) mass is 264 g/mol. The molecule has 0 unspecified atom stereocenters. The van der Waals surface area contributed by atoms with Crippen LogP contribution in [-0.2, 0) is 13.0 Å². The van der Waals surface area contributed by atoms with Gasteiger partial charge in [0, 0.05) is 18.3 Å². The summed E-state index contributed by atoms with van der Waals surface area (Å²) in [6.07, 6.45) is 2.91. The SMILES string of the molecule is Cc1cnc2nc(-c3cccc4c3CCNC4)[nH]c2c1. The third kappa shape index (κ3) is 1.80. The molecule has 20 heavy (non-hydrogen) atoms. The molecule has 0 aliphatic carbocycles. The molecule has 0 radical (unpaired) electrons. The van der Waals surface area contributed by atoms with Crippen molar-refractivity contribution in [1.82, 2.24) is 20.3 Å². The predicted octanol–water partition coefficient (Wildman–Crippen LogP) is 2.58. The third-order valence-corrected chi connectivity index (χ3v) is 3.87. The van der Waals surface area contributed by atoms with Crippen LogP contribution in [0.5, 0.6) is 0 Å². The van der Waals surface area contributed by atoms with Crippen LogP contribution in [0.3, 0.4) is 0 Å². The molecule has 3 heterocycles. The number of fused-ring (bicyclic) bond motifs is 2. The van der Waals surface area contributed by atoms with Crippen molar-refractivity contribution >= 4 is 11.2 Å². The van der Waals surface area contributed by atoms with Gasteiger partial charge in [-0.3, -0.25) is 0 Å². The Kier molecular flexibility index (Phi) is 2.57. The maximum absolute atomic E-state index is 4.65. The Bertz CT molecular complexity index is 788. The maximum atomic E-state index is 4.65. The van der Waals surface area contributed by atoms with Gasteiger partial charge in [0.25, 0.3) is 0 Å². The lowest BCUT2D eigenvalue weighted by molar-refractivity contribution is 0.644. The summed E-state index contributed by atoms with van der Waals surface area (Å²) in [6.45, 7) is 4.02. The van der Waals surface area contributed by atoms with E-state index in [0.717, 1.165) is 42.1 Å². The van der Waals surface area contributed by atoms with Crippen molar-refractivity contribution in [2.45, 2.75) is 19.9 Å². The molecule has 1 aromatic carbocycles. The van der Waals surface area contributed by atoms with Crippen LogP contribution in [0.4, 0.5) is 0 Å². The first kappa shape index (κ1) is 11.6. The van der Waals surface area contributed by atoms with Gasteiger partial charge in [-0.05, 0) is 42.6 Å². The van der Waals surface area contributed by atoms with E-state index in [0.29, 0.717) is 0 Å². The number of imidazole rings is 1. The lowest BCUT2D eigenvalue weighted by atomic mass is 9.95. The number of hydrogen-bond donors (Lipinski definition) is 2. The quantitative estimate of drug-likeness (QED) is 0.710. The Morgan fingerprint density at radius 1 is 1.25 bits per heavy atom. The fourth-order valence-corrected chi connectivity index (χ4v) is 2.89. The standard InChI is InChI=1S/C16H16N4/c1-10-7-14-16(18-8-10)20-15(19-14)13-4-2-3-11-9-17-6-5-12(11)13/h2-4,7-8,17H,5-6,9H2,1H3,(H,18,19,20). The molecule has 0 fully saturated rings. The average molecular weight is 264 g/mol. The smallest absolute Gasteiger partial charge is 0.178 e. The van der Waals surface area contributed by atoms with Crippen LogP contribution in [-0.4, -0.2) is 21.5 Å². The molecule has 1 aliphatic rings. The van der Waals surface area contributed by atoms with Crippen LogP contribution in [0.1, 0.15) is 16.7 Å². The van der Waals surface area contributed by atoms with Crippen molar-refractivity contribution in [2.75, 3.05) is 6.54 Å². The molecule has 4 rings (SSSR count). The summed E-state index contributed by atoms with van der Waals surface area (Å²) in [6, 6.07) is 8.54. The van der Waals surface area contributed by atoms with Crippen molar-refractivity contribution in [3.63, 3.8) is 0 Å². The Labute approximate surface area is 117 Å². The lowest BCUT2D eigenvalue weighted by Crippen LogP contribution is -2.24. The van der Waals surface area contributed by atoms with Gasteiger partial charge in [0.2, 0.25) is 0 Å². The molecule has 0 saturated heterocycles. The number of H-pyrrole nitrogens is 1. The second-order valence-electron chi connectivity index (χ2n) is 5.34. The zero-order chi connectivity index (χ0) is 13.5. The summed E-state index contributed by atoms with van der Waals surface area (Å²) in [5.41, 5.74) is 6.93. The lowest BCUT2D eigenvalue weighted by Gasteiger charge is -2.19. The van der Waals surface area contributed by atoms with Crippen LogP contribution in [0.2, 0.25) is 0 Å². The van der Waals surface area contributed by atoms with Crippen molar-refractivity contribution in [1.29, 1.82) is 0 Å². The van der Waals surface area contributed by atoms with Gasteiger partial charge in [0.1, 0.15) is 5.82 Å². The molecule has 2 N–H and O–H groups in total. The molecular formula is C16H16N4. The summed E-state index contributed by atoms with van der Waals surface area (Å²) in [5, 5.41) is 3.41. The van der Waals surface area contributed by atoms with Gasteiger partial charge in [-0.25, -0.2) is 9.97 Å². The van der Waals surface area contributed by atoms with E-state index in [1.807, 2.05) is 13.1 Å². The van der Waals surface area contributed by atoms with Crippen LogP contribution >= 0.6 is 0 Å². The van der Waals surface area contributed by atoms with E-state index in [9.17, 15) is 0 Å². The summed E-state index contributed by atoms with van der Waals surface area (Å²) in [5.74, 6) is 0.928. The molecule has 1 aliphatic heterocycles. The van der Waals surface area contributed by atoms with Gasteiger partial charge in [-0.2, -0.15) is 0 Å². The highest BCUT2D eigenvalue weighted by atomic mass is 15.0. The van der Waals surface area contributed by atoms with Crippen molar-refractivity contribution in [2.24, 2.45) is 0 Å². The molecule has 3 aromatic rings. The summed E-state index contributed by atoms with van der Waals surface area (Å²) in [7, 11) is 0. The molecule has 0 bridgehead atoms. The number of nitrogens with one attached hydrogen (secondary N) is 2. The van der Waals surface area contributed by atoms with Crippen LogP contribution in [0.15, 0.2) is 30.5 Å². The highest BCUT2D eigenvalue weighted by Gasteiger charge is 2.16. The van der Waals surface area contributed by atoms with E-state index in [-0.39, 0.29) is 0 Å². The minimum atomic E-state index is 0.789. The second kappa shape index (κ2) is 4.42. The van der Waals surface area contributed by atoms with Gasteiger partial charge >= 0.3 is 0 Å². The normalized spacial score (nSPS) is 14.4. The topological polar surface area (TPSA) is 53.6 Å². The van der Waals surface area contributed by atoms with Gasteiger partial charge in [0.15, 0.2) is 5.65 Å². The number of benzene rings is 1. The number of aryl methyl sites for hydroxylation is 1. The van der Waals surface area contributed by atoms with Crippen molar-refractivity contribution in [3.05, 3.63) is 47.2 Å². The van der Waals surface area contributed by atoms with Crippen LogP contribution in [0.25, 0.3) is 22.6 Å². The first-order valence-electron chi connectivity index (χ1n) is 6.95. The Morgan fingerprint density at radius 2 is 2.20 bits per heavy atom. The molecule has 4 nitrogen and oxygen atoms in total. The maximum Gasteiger partial charge on any atom is 0.178 e. The highest BCUT2D eigenvalue weighted by Crippen LogP contribution is 2.27. The van der Waals surface area contributed by atoms with Gasteiger partial charge < -0.3 is 10.3 Å². The Morgan fingerprint density at radius 3 is 3.15 bits per heavy atom. The van der Waals surface area contributed by atoms with Crippen molar-refractivity contribution in [3.8, 4) is 11.4 Å². The molecule has 0 saturated carbocycles. The molecule has 100 valence electrons. The molecule has 4 heteroatoms. The van der Waals surface area contributed by atoms with Crippen LogP contribution in [0, 0.1) is 6.92 Å². The molecule has 0 amide bonds. The van der Waals surface area contributed by atoms with Crippen LogP contribution < -0.4 is 5.32 Å². The minimum Gasteiger partial charge on any atom is -0.337 e. The predicted molar refractivity (Wildman–Crippen MR) is 79.5 cm³/mol. The van der Waals surface area contributed by atoms with Gasteiger partial charge in [-0.15, -0.1) is 0 Å². The van der Waals surface area contributed by atoms with E-state index in [4.69, 9.17) is 0 Å². The fraction of sp³-hybridized carbons (Fsp3) is 0.250. The zero-order valence-corrected chi connectivity index (χ0v) is 11.4. The van der Waals surface area contributed by atoms with Gasteiger partial charge in [-0.1, -0.05) is 18.2 Å². The van der Waals surface area contributed by atoms with E-state index >= 15 is 0 Å². The number of aromatic nitrogens is 3. The second-order valence-corrected chi connectivity index (χ2v) is 5.34. The molecule has 0 spiro atoms. The molecular weight excluding hydrogens is 248 g/mol. The summed E-state index contributed by atoms with van der Waals surface area (Å²) >= 11 is 0. The van der Waals surface area contributed by atoms with E-state index in [2.05, 4.69) is 44.5 Å². The number of pyridine rings is 1. The zero-order valence-electron chi connectivity index (χ0n) is 11.4. The number of rotatable bonds is 1. The molecule has 2 aromatic heterocycles. The molecule has 0 atom stereocenters. The Hall–Kier alpha value is -2.20. The van der Waals surface area contributed by atoms with Gasteiger partial charge in [0.05, 0.1) is 5.52 Å². The Balaban J connectivity index is 1.90. The van der Waals surface area contributed by atoms with E-state index in [1.54, 1.807) is 0 Å². The third-order valence-electron chi connectivity index (χ3n) is 3.87. The average Bonchev–Trinajstić information content (AvgIpc) is 2.89. The summed E-state index contributed by atoms with van der Waals surface area (Å²) < 4.78 is 0. The number of hydrogen-bond acceptors (Lipinski definition) is 3. The first-order valence-corrected chi connectivity index (χ1v) is 6.95. The summed E-state index contributed by atoms with van der Waals surface area (Å²) in [4.78, 5) is 12.4. The number of nitrogens with zero attached hydrogens (tertiary/aromatic N) is 2.